The van der Waals surface area contributed by atoms with Gasteiger partial charge >= 0.3 is 0 Å². The second-order valence-corrected chi connectivity index (χ2v) is 12.8. The van der Waals surface area contributed by atoms with E-state index in [0.717, 1.165) is 15.4 Å². The van der Waals surface area contributed by atoms with Crippen LogP contribution in [0.15, 0.2) is 102 Å². The number of halogens is 2. The van der Waals surface area contributed by atoms with Gasteiger partial charge in [0.25, 0.3) is 10.0 Å². The maximum atomic E-state index is 15.0. The Morgan fingerprint density at radius 2 is 1.57 bits per heavy atom. The smallest absolute Gasteiger partial charge is 0.264 e. The van der Waals surface area contributed by atoms with Crippen LogP contribution in [-0.2, 0) is 32.6 Å². The highest BCUT2D eigenvalue weighted by Gasteiger charge is 2.35. The zero-order chi connectivity index (χ0) is 31.9. The standard InChI is InChI=1S/C34H35ClFN3O4S/c1-4-37-34(41)32(20-26-10-6-5-7-11-26)38(22-27-12-8-9-13-30(27)36)33(40)23-39(31-21-28(35)17-16-25(31)3)44(42,43)29-18-14-24(2)15-19-29/h5-19,21,32H,4,20,22-23H2,1-3H3,(H,37,41)/t32-/m1/s1. The van der Waals surface area contributed by atoms with Crippen molar-refractivity contribution < 1.29 is 22.4 Å². The van der Waals surface area contributed by atoms with Crippen LogP contribution in [0.25, 0.3) is 0 Å². The van der Waals surface area contributed by atoms with E-state index in [1.54, 1.807) is 44.2 Å². The number of nitrogens with one attached hydrogen (secondary N) is 1. The summed E-state index contributed by atoms with van der Waals surface area (Å²) in [6, 6.07) is 25.2. The van der Waals surface area contributed by atoms with Gasteiger partial charge in [0.05, 0.1) is 10.6 Å². The van der Waals surface area contributed by atoms with Gasteiger partial charge in [0, 0.05) is 30.1 Å². The molecule has 0 aliphatic heterocycles. The van der Waals surface area contributed by atoms with Gasteiger partial charge in [-0.3, -0.25) is 13.9 Å². The fourth-order valence-corrected chi connectivity index (χ4v) is 6.50. The number of hydrogen-bond donors (Lipinski definition) is 1. The monoisotopic (exact) mass is 635 g/mol. The van der Waals surface area contributed by atoms with E-state index in [1.165, 1.54) is 41.3 Å². The molecule has 7 nitrogen and oxygen atoms in total. The van der Waals surface area contributed by atoms with E-state index in [1.807, 2.05) is 37.3 Å². The molecule has 0 spiro atoms. The summed E-state index contributed by atoms with van der Waals surface area (Å²) in [4.78, 5) is 29.2. The van der Waals surface area contributed by atoms with Crippen molar-refractivity contribution >= 4 is 39.1 Å². The molecule has 4 aromatic carbocycles. The van der Waals surface area contributed by atoms with Crippen LogP contribution in [0.2, 0.25) is 5.02 Å². The number of likely N-dealkylation sites (N-methyl/N-ethyl adjacent to an activating group) is 1. The van der Waals surface area contributed by atoms with E-state index in [0.29, 0.717) is 12.1 Å². The first-order valence-electron chi connectivity index (χ1n) is 14.2. The van der Waals surface area contributed by atoms with Crippen molar-refractivity contribution in [3.05, 3.63) is 130 Å². The third-order valence-electron chi connectivity index (χ3n) is 7.25. The molecular weight excluding hydrogens is 601 g/mol. The summed E-state index contributed by atoms with van der Waals surface area (Å²) in [7, 11) is -4.28. The number of rotatable bonds is 12. The topological polar surface area (TPSA) is 86.8 Å². The molecule has 44 heavy (non-hydrogen) atoms. The van der Waals surface area contributed by atoms with Crippen molar-refractivity contribution in [3.8, 4) is 0 Å². The predicted molar refractivity (Wildman–Crippen MR) is 171 cm³/mol. The molecule has 0 heterocycles. The largest absolute Gasteiger partial charge is 0.355 e. The summed E-state index contributed by atoms with van der Waals surface area (Å²) in [5.41, 5.74) is 2.63. The van der Waals surface area contributed by atoms with Crippen molar-refractivity contribution in [2.24, 2.45) is 0 Å². The van der Waals surface area contributed by atoms with Gasteiger partial charge in [0.1, 0.15) is 18.4 Å². The van der Waals surface area contributed by atoms with Crippen molar-refractivity contribution in [1.82, 2.24) is 10.2 Å². The zero-order valence-electron chi connectivity index (χ0n) is 24.8. The molecular formula is C34H35ClFN3O4S. The van der Waals surface area contributed by atoms with Gasteiger partial charge in [-0.25, -0.2) is 12.8 Å². The Morgan fingerprint density at radius 3 is 2.23 bits per heavy atom. The van der Waals surface area contributed by atoms with Crippen LogP contribution in [0.3, 0.4) is 0 Å². The first-order chi connectivity index (χ1) is 21.0. The van der Waals surface area contributed by atoms with Gasteiger partial charge < -0.3 is 10.2 Å². The molecule has 4 aromatic rings. The minimum Gasteiger partial charge on any atom is -0.355 e. The lowest BCUT2D eigenvalue weighted by Crippen LogP contribution is -2.53. The fraction of sp³-hybridized carbons (Fsp3) is 0.235. The van der Waals surface area contributed by atoms with Gasteiger partial charge in [0.2, 0.25) is 11.8 Å². The predicted octanol–water partition coefficient (Wildman–Crippen LogP) is 6.07. The minimum atomic E-state index is -4.28. The van der Waals surface area contributed by atoms with Crippen LogP contribution in [0.1, 0.15) is 29.2 Å². The number of aryl methyl sites for hydroxylation is 2. The van der Waals surface area contributed by atoms with E-state index in [2.05, 4.69) is 5.32 Å². The summed E-state index contributed by atoms with van der Waals surface area (Å²) in [5, 5.41) is 3.08. The number of sulfonamides is 1. The van der Waals surface area contributed by atoms with Crippen molar-refractivity contribution in [1.29, 1.82) is 0 Å². The molecule has 0 bridgehead atoms. The maximum absolute atomic E-state index is 15.0. The Morgan fingerprint density at radius 1 is 0.909 bits per heavy atom. The van der Waals surface area contributed by atoms with E-state index in [9.17, 15) is 22.4 Å². The number of nitrogens with zero attached hydrogens (tertiary/aromatic N) is 2. The molecule has 1 N–H and O–H groups in total. The molecule has 0 aromatic heterocycles. The van der Waals surface area contributed by atoms with Gasteiger partial charge in [0.15, 0.2) is 0 Å². The average Bonchev–Trinajstić information content (AvgIpc) is 3.00. The van der Waals surface area contributed by atoms with Crippen LogP contribution in [0.4, 0.5) is 10.1 Å². The Kier molecular flexibility index (Phi) is 10.8. The molecule has 0 fully saturated rings. The van der Waals surface area contributed by atoms with E-state index < -0.39 is 40.2 Å². The highest BCUT2D eigenvalue weighted by atomic mass is 35.5. The summed E-state index contributed by atoms with van der Waals surface area (Å²) in [5.74, 6) is -1.67. The lowest BCUT2D eigenvalue weighted by Gasteiger charge is -2.34. The van der Waals surface area contributed by atoms with Crippen LogP contribution in [-0.4, -0.2) is 44.3 Å². The van der Waals surface area contributed by atoms with Gasteiger partial charge in [-0.15, -0.1) is 0 Å². The SMILES string of the molecule is CCNC(=O)[C@@H](Cc1ccccc1)N(Cc1ccccc1F)C(=O)CN(c1cc(Cl)ccc1C)S(=O)(=O)c1ccc(C)cc1. The molecule has 0 radical (unpaired) electrons. The highest BCUT2D eigenvalue weighted by molar-refractivity contribution is 7.92. The molecule has 2 amide bonds. The number of hydrogen-bond acceptors (Lipinski definition) is 4. The van der Waals surface area contributed by atoms with E-state index in [-0.39, 0.29) is 34.1 Å². The lowest BCUT2D eigenvalue weighted by atomic mass is 10.0. The van der Waals surface area contributed by atoms with Gasteiger partial charge in [-0.2, -0.15) is 0 Å². The maximum Gasteiger partial charge on any atom is 0.264 e. The molecule has 10 heteroatoms. The summed E-state index contributed by atoms with van der Waals surface area (Å²) in [6.45, 7) is 4.72. The number of amides is 2. The van der Waals surface area contributed by atoms with Crippen LogP contribution < -0.4 is 9.62 Å². The first-order valence-corrected chi connectivity index (χ1v) is 16.0. The summed E-state index contributed by atoms with van der Waals surface area (Å²) >= 11 is 6.31. The van der Waals surface area contributed by atoms with Crippen molar-refractivity contribution in [3.63, 3.8) is 0 Å². The molecule has 0 saturated carbocycles. The second kappa shape index (κ2) is 14.5. The third kappa shape index (κ3) is 7.84. The fourth-order valence-electron chi connectivity index (χ4n) is 4.86. The molecule has 230 valence electrons. The number of carbonyl (C=O) groups is 2. The van der Waals surface area contributed by atoms with Crippen molar-refractivity contribution in [2.45, 2.75) is 44.7 Å². The zero-order valence-corrected chi connectivity index (χ0v) is 26.4. The van der Waals surface area contributed by atoms with Gasteiger partial charge in [-0.1, -0.05) is 83.9 Å². The number of carbonyl (C=O) groups excluding carboxylic acids is 2. The summed E-state index contributed by atoms with van der Waals surface area (Å²) < 4.78 is 44.3. The average molecular weight is 636 g/mol. The molecule has 0 saturated heterocycles. The van der Waals surface area contributed by atoms with Crippen molar-refractivity contribution in [2.75, 3.05) is 17.4 Å². The van der Waals surface area contributed by atoms with Crippen LogP contribution in [0, 0.1) is 19.7 Å². The highest BCUT2D eigenvalue weighted by Crippen LogP contribution is 2.30. The Bertz CT molecular complexity index is 1720. The molecule has 4 rings (SSSR count). The molecule has 1 atom stereocenters. The minimum absolute atomic E-state index is 0.0134. The Hall–Kier alpha value is -4.21. The first kappa shape index (κ1) is 32.7. The van der Waals surface area contributed by atoms with E-state index >= 15 is 0 Å². The molecule has 0 aliphatic carbocycles. The third-order valence-corrected chi connectivity index (χ3v) is 9.26. The van der Waals surface area contributed by atoms with Crippen LogP contribution >= 0.6 is 11.6 Å². The molecule has 0 aliphatic rings. The normalized spacial score (nSPS) is 11.9. The Labute approximate surface area is 263 Å². The quantitative estimate of drug-likeness (QED) is 0.205. The number of benzene rings is 4. The van der Waals surface area contributed by atoms with Crippen LogP contribution in [0.5, 0.6) is 0 Å². The summed E-state index contributed by atoms with van der Waals surface area (Å²) in [6.07, 6.45) is 0.133. The van der Waals surface area contributed by atoms with Gasteiger partial charge in [-0.05, 0) is 62.2 Å². The second-order valence-electron chi connectivity index (χ2n) is 10.5. The van der Waals surface area contributed by atoms with E-state index in [4.69, 9.17) is 11.6 Å². The lowest BCUT2D eigenvalue weighted by molar-refractivity contribution is -0.140. The Balaban J connectivity index is 1.83. The molecule has 0 unspecified atom stereocenters. The number of anilines is 1.